The molecular weight excluding hydrogens is 478 g/mol. The van der Waals surface area contributed by atoms with E-state index in [1.807, 2.05) is 37.3 Å². The maximum atomic E-state index is 13.2. The summed E-state index contributed by atoms with van der Waals surface area (Å²) in [5, 5.41) is 1.03. The van der Waals surface area contributed by atoms with Gasteiger partial charge in [-0.2, -0.15) is 0 Å². The fourth-order valence-electron chi connectivity index (χ4n) is 4.60. The summed E-state index contributed by atoms with van der Waals surface area (Å²) in [7, 11) is 0. The average Bonchev–Trinajstić information content (AvgIpc) is 3.13. The highest BCUT2D eigenvalue weighted by Gasteiger charge is 2.32. The molecule has 1 aromatic heterocycles. The Morgan fingerprint density at radius 2 is 1.97 bits per heavy atom. The molecule has 2 saturated heterocycles. The van der Waals surface area contributed by atoms with Gasteiger partial charge in [0.25, 0.3) is 5.91 Å². The quantitative estimate of drug-likeness (QED) is 0.183. The van der Waals surface area contributed by atoms with Gasteiger partial charge in [0, 0.05) is 30.6 Å². The lowest BCUT2D eigenvalue weighted by Gasteiger charge is -2.32. The van der Waals surface area contributed by atoms with Crippen LogP contribution in [0.5, 0.6) is 0 Å². The second kappa shape index (κ2) is 12.0. The summed E-state index contributed by atoms with van der Waals surface area (Å²) in [6.45, 7) is 6.53. The Hall–Kier alpha value is -2.45. The van der Waals surface area contributed by atoms with Gasteiger partial charge < -0.3 is 9.64 Å². The summed E-state index contributed by atoms with van der Waals surface area (Å²) < 4.78 is 5.85. The minimum atomic E-state index is -0.110. The molecule has 2 aliphatic heterocycles. The number of carbonyl (C=O) groups excluding carboxylic acids is 2. The van der Waals surface area contributed by atoms with Crippen LogP contribution in [0.2, 0.25) is 0 Å². The van der Waals surface area contributed by atoms with Gasteiger partial charge in [0.05, 0.1) is 22.9 Å². The topological polar surface area (TPSA) is 62.7 Å². The van der Waals surface area contributed by atoms with Crippen LogP contribution in [0.3, 0.4) is 0 Å². The van der Waals surface area contributed by atoms with E-state index in [0.29, 0.717) is 35.5 Å². The van der Waals surface area contributed by atoms with E-state index in [4.69, 9.17) is 21.9 Å². The number of amides is 1. The van der Waals surface area contributed by atoms with Gasteiger partial charge in [0.15, 0.2) is 0 Å². The Morgan fingerprint density at radius 1 is 1.20 bits per heavy atom. The summed E-state index contributed by atoms with van der Waals surface area (Å²) in [5.74, 6) is 0.649. The minimum absolute atomic E-state index is 0.0170. The van der Waals surface area contributed by atoms with E-state index >= 15 is 0 Å². The highest BCUT2D eigenvalue weighted by atomic mass is 32.2. The van der Waals surface area contributed by atoms with Crippen LogP contribution < -0.4 is 4.90 Å². The van der Waals surface area contributed by atoms with Crippen LogP contribution in [0.1, 0.15) is 57.9 Å². The van der Waals surface area contributed by atoms with Gasteiger partial charge in [-0.1, -0.05) is 68.4 Å². The van der Waals surface area contributed by atoms with Crippen molar-refractivity contribution < 1.29 is 14.3 Å². The van der Waals surface area contributed by atoms with Crippen molar-refractivity contribution in [3.8, 4) is 0 Å². The fourth-order valence-corrected chi connectivity index (χ4v) is 5.90. The largest absolute Gasteiger partial charge is 0.466 e. The number of rotatable bonds is 9. The molecule has 35 heavy (non-hydrogen) atoms. The molecule has 1 amide bonds. The number of pyridine rings is 1. The Bertz CT molecular complexity index is 1130. The van der Waals surface area contributed by atoms with Crippen molar-refractivity contribution in [1.29, 1.82) is 0 Å². The molecule has 2 aliphatic rings. The molecule has 0 bridgehead atoms. The lowest BCUT2D eigenvalue weighted by Crippen LogP contribution is -2.37. The molecule has 0 saturated carbocycles. The molecule has 4 rings (SSSR count). The van der Waals surface area contributed by atoms with Gasteiger partial charge >= 0.3 is 5.97 Å². The number of esters is 1. The zero-order valence-corrected chi connectivity index (χ0v) is 22.1. The first-order valence-electron chi connectivity index (χ1n) is 12.6. The van der Waals surface area contributed by atoms with E-state index in [-0.39, 0.29) is 17.8 Å². The second-order valence-corrected chi connectivity index (χ2v) is 10.7. The normalized spacial score (nSPS) is 18.2. The van der Waals surface area contributed by atoms with E-state index in [2.05, 4.69) is 17.9 Å². The third-order valence-electron chi connectivity index (χ3n) is 6.54. The predicted molar refractivity (Wildman–Crippen MR) is 147 cm³/mol. The summed E-state index contributed by atoms with van der Waals surface area (Å²) in [6.07, 6.45) is 7.80. The number of thioether (sulfide) groups is 1. The van der Waals surface area contributed by atoms with Gasteiger partial charge in [-0.3, -0.25) is 14.5 Å². The van der Waals surface area contributed by atoms with Gasteiger partial charge in [0.2, 0.25) is 0 Å². The molecule has 0 aliphatic carbocycles. The molecule has 186 valence electrons. The number of hydrogen-bond acceptors (Lipinski definition) is 7. The number of aromatic nitrogens is 1. The Morgan fingerprint density at radius 3 is 2.71 bits per heavy atom. The maximum Gasteiger partial charge on any atom is 0.309 e. The number of anilines is 1. The van der Waals surface area contributed by atoms with Crippen molar-refractivity contribution in [2.75, 3.05) is 31.1 Å². The lowest BCUT2D eigenvalue weighted by atomic mass is 9.96. The van der Waals surface area contributed by atoms with Crippen LogP contribution in [0.25, 0.3) is 17.0 Å². The number of fused-ring (bicyclic) bond motifs is 1. The SMILES string of the molecule is CCCCCCN1C(=O)/C(=C/c2cc3ccccc3nc2N2CCC(C(=O)OCC)CC2)SC1=S. The molecule has 3 heterocycles. The van der Waals surface area contributed by atoms with Gasteiger partial charge in [-0.15, -0.1) is 0 Å². The molecule has 0 atom stereocenters. The average molecular weight is 512 g/mol. The lowest BCUT2D eigenvalue weighted by molar-refractivity contribution is -0.148. The smallest absolute Gasteiger partial charge is 0.309 e. The number of thiocarbonyl (C=S) groups is 1. The molecule has 2 aromatic rings. The van der Waals surface area contributed by atoms with E-state index in [1.54, 1.807) is 4.90 Å². The molecule has 0 radical (unpaired) electrons. The number of para-hydroxylation sites is 1. The molecule has 8 heteroatoms. The number of unbranched alkanes of at least 4 members (excludes halogenated alkanes) is 3. The molecule has 1 aromatic carbocycles. The van der Waals surface area contributed by atoms with E-state index in [9.17, 15) is 9.59 Å². The third-order valence-corrected chi connectivity index (χ3v) is 7.92. The Balaban J connectivity index is 1.58. The minimum Gasteiger partial charge on any atom is -0.466 e. The van der Waals surface area contributed by atoms with E-state index in [0.717, 1.165) is 54.4 Å². The summed E-state index contributed by atoms with van der Waals surface area (Å²) >= 11 is 6.91. The van der Waals surface area contributed by atoms with Crippen molar-refractivity contribution in [3.05, 3.63) is 40.8 Å². The molecule has 0 unspecified atom stereocenters. The number of hydrogen-bond donors (Lipinski definition) is 0. The first kappa shape index (κ1) is 25.6. The first-order valence-corrected chi connectivity index (χ1v) is 13.8. The van der Waals surface area contributed by atoms with Crippen molar-refractivity contribution >= 4 is 63.0 Å². The number of ether oxygens (including phenoxy) is 1. The molecular formula is C27H33N3O3S2. The summed E-state index contributed by atoms with van der Waals surface area (Å²) in [5.41, 5.74) is 1.82. The monoisotopic (exact) mass is 511 g/mol. The van der Waals surface area contributed by atoms with Crippen LogP contribution in [0.4, 0.5) is 5.82 Å². The molecule has 6 nitrogen and oxygen atoms in total. The number of nitrogens with zero attached hydrogens (tertiary/aromatic N) is 3. The molecule has 0 N–H and O–H groups in total. The van der Waals surface area contributed by atoms with Crippen molar-refractivity contribution in [2.45, 2.75) is 52.4 Å². The summed E-state index contributed by atoms with van der Waals surface area (Å²) in [4.78, 5) is 35.0. The molecule has 0 spiro atoms. The zero-order chi connectivity index (χ0) is 24.8. The van der Waals surface area contributed by atoms with Crippen LogP contribution in [-0.4, -0.2) is 52.3 Å². The predicted octanol–water partition coefficient (Wildman–Crippen LogP) is 5.80. The van der Waals surface area contributed by atoms with Gasteiger partial charge in [0.1, 0.15) is 10.1 Å². The highest BCUT2D eigenvalue weighted by Crippen LogP contribution is 2.36. The number of carbonyl (C=O) groups is 2. The third kappa shape index (κ3) is 6.04. The fraction of sp³-hybridized carbons (Fsp3) is 0.481. The first-order chi connectivity index (χ1) is 17.0. The number of benzene rings is 1. The summed E-state index contributed by atoms with van der Waals surface area (Å²) in [6, 6.07) is 10.1. The number of piperidine rings is 1. The van der Waals surface area contributed by atoms with E-state index < -0.39 is 0 Å². The standard InChI is InChI=1S/C27H33N3O3S2/c1-3-5-6-9-14-30-25(31)23(35-27(30)34)18-21-17-20-10-7-8-11-22(20)28-24(21)29-15-12-19(13-16-29)26(32)33-4-2/h7-8,10-11,17-19H,3-6,9,12-16H2,1-2H3/b23-18-. The second-order valence-electron chi connectivity index (χ2n) is 9.00. The van der Waals surface area contributed by atoms with Gasteiger partial charge in [-0.05, 0) is 44.4 Å². The maximum absolute atomic E-state index is 13.2. The van der Waals surface area contributed by atoms with Crippen LogP contribution in [0.15, 0.2) is 35.2 Å². The van der Waals surface area contributed by atoms with Crippen molar-refractivity contribution in [2.24, 2.45) is 5.92 Å². The van der Waals surface area contributed by atoms with Crippen molar-refractivity contribution in [3.63, 3.8) is 0 Å². The Labute approximate surface area is 217 Å². The van der Waals surface area contributed by atoms with Crippen LogP contribution >= 0.6 is 24.0 Å². The molecule has 2 fully saturated rings. The van der Waals surface area contributed by atoms with Crippen LogP contribution in [-0.2, 0) is 14.3 Å². The van der Waals surface area contributed by atoms with E-state index in [1.165, 1.54) is 18.2 Å². The van der Waals surface area contributed by atoms with Crippen molar-refractivity contribution in [1.82, 2.24) is 9.88 Å². The van der Waals surface area contributed by atoms with Crippen LogP contribution in [0, 0.1) is 5.92 Å². The van der Waals surface area contributed by atoms with Gasteiger partial charge in [-0.25, -0.2) is 4.98 Å². The Kier molecular flexibility index (Phi) is 8.78. The zero-order valence-electron chi connectivity index (χ0n) is 20.5. The highest BCUT2D eigenvalue weighted by molar-refractivity contribution is 8.26.